The Balaban J connectivity index is 2.02. The van der Waals surface area contributed by atoms with Crippen LogP contribution in [0.1, 0.15) is 24.4 Å². The van der Waals surface area contributed by atoms with Crippen LogP contribution in [0.25, 0.3) is 22.4 Å². The Morgan fingerprint density at radius 1 is 1.20 bits per heavy atom. The fraction of sp³-hybridized carbons (Fsp3) is 0.200. The predicted octanol–water partition coefficient (Wildman–Crippen LogP) is 2.70. The smallest absolute Gasteiger partial charge is 0.144 e. The van der Waals surface area contributed by atoms with Crippen LogP contribution in [-0.2, 0) is 0 Å². The second-order valence-corrected chi connectivity index (χ2v) is 4.98. The molecule has 4 rings (SSSR count). The summed E-state index contributed by atoms with van der Waals surface area (Å²) in [5, 5.41) is 9.07. The summed E-state index contributed by atoms with van der Waals surface area (Å²) in [7, 11) is 0. The molecule has 1 aromatic carbocycles. The van der Waals surface area contributed by atoms with Crippen LogP contribution in [-0.4, -0.2) is 19.5 Å². The van der Waals surface area contributed by atoms with Crippen molar-refractivity contribution in [1.82, 2.24) is 19.5 Å². The fourth-order valence-electron chi connectivity index (χ4n) is 2.48. The second-order valence-electron chi connectivity index (χ2n) is 4.98. The molecule has 96 valence electrons. The van der Waals surface area contributed by atoms with E-state index in [4.69, 9.17) is 10.2 Å². The van der Waals surface area contributed by atoms with Crippen LogP contribution in [0.2, 0.25) is 0 Å². The van der Waals surface area contributed by atoms with Gasteiger partial charge in [-0.3, -0.25) is 0 Å². The van der Waals surface area contributed by atoms with E-state index in [0.717, 1.165) is 35.3 Å². The number of fused-ring (bicyclic) bond motifs is 1. The lowest BCUT2D eigenvalue weighted by Gasteiger charge is -2.06. The molecule has 0 bridgehead atoms. The molecule has 3 aromatic rings. The zero-order chi connectivity index (χ0) is 13.5. The Bertz CT molecular complexity index is 825. The SMILES string of the molecule is N#Cc1ccc2nc(-c3cncnc3)n(C3CC3)c2c1. The summed E-state index contributed by atoms with van der Waals surface area (Å²) < 4.78 is 2.22. The molecule has 5 nitrogen and oxygen atoms in total. The highest BCUT2D eigenvalue weighted by Crippen LogP contribution is 2.41. The van der Waals surface area contributed by atoms with E-state index in [2.05, 4.69) is 20.6 Å². The van der Waals surface area contributed by atoms with Crippen LogP contribution < -0.4 is 0 Å². The molecule has 1 fully saturated rings. The molecule has 2 aromatic heterocycles. The molecule has 0 saturated heterocycles. The first-order chi connectivity index (χ1) is 9.86. The van der Waals surface area contributed by atoms with Gasteiger partial charge in [-0.25, -0.2) is 15.0 Å². The highest BCUT2D eigenvalue weighted by molar-refractivity contribution is 5.82. The van der Waals surface area contributed by atoms with Crippen molar-refractivity contribution in [2.24, 2.45) is 0 Å². The Hall–Kier alpha value is -2.74. The van der Waals surface area contributed by atoms with E-state index in [1.807, 2.05) is 12.1 Å². The number of aromatic nitrogens is 4. The van der Waals surface area contributed by atoms with Crippen molar-refractivity contribution in [2.45, 2.75) is 18.9 Å². The molecule has 0 unspecified atom stereocenters. The molecular weight excluding hydrogens is 250 g/mol. The van der Waals surface area contributed by atoms with Gasteiger partial charge in [0.2, 0.25) is 0 Å². The third kappa shape index (κ3) is 1.66. The summed E-state index contributed by atoms with van der Waals surface area (Å²) in [6.07, 6.45) is 7.38. The third-order valence-corrected chi connectivity index (χ3v) is 3.55. The summed E-state index contributed by atoms with van der Waals surface area (Å²) in [4.78, 5) is 12.8. The number of nitriles is 1. The number of hydrogen-bond acceptors (Lipinski definition) is 4. The standard InChI is InChI=1S/C15H11N5/c16-6-10-1-4-13-14(5-10)20(12-2-3-12)15(19-13)11-7-17-9-18-8-11/h1,4-5,7-9,12H,2-3H2. The molecule has 0 aliphatic heterocycles. The van der Waals surface area contributed by atoms with E-state index in [-0.39, 0.29) is 0 Å². The maximum absolute atomic E-state index is 9.07. The molecule has 5 heteroatoms. The second kappa shape index (κ2) is 4.14. The third-order valence-electron chi connectivity index (χ3n) is 3.55. The molecular formula is C15H11N5. The van der Waals surface area contributed by atoms with E-state index < -0.39 is 0 Å². The highest BCUT2D eigenvalue weighted by Gasteiger charge is 2.28. The van der Waals surface area contributed by atoms with Crippen LogP contribution in [0.3, 0.4) is 0 Å². The van der Waals surface area contributed by atoms with Crippen LogP contribution in [0, 0.1) is 11.3 Å². The topological polar surface area (TPSA) is 67.4 Å². The van der Waals surface area contributed by atoms with Gasteiger partial charge in [0.05, 0.1) is 28.2 Å². The Kier molecular flexibility index (Phi) is 2.30. The fourth-order valence-corrected chi connectivity index (χ4v) is 2.48. The molecule has 0 atom stereocenters. The number of hydrogen-bond donors (Lipinski definition) is 0. The lowest BCUT2D eigenvalue weighted by atomic mass is 10.2. The molecule has 0 radical (unpaired) electrons. The van der Waals surface area contributed by atoms with Crippen LogP contribution in [0.4, 0.5) is 0 Å². The average molecular weight is 261 g/mol. The van der Waals surface area contributed by atoms with Gasteiger partial charge >= 0.3 is 0 Å². The molecule has 20 heavy (non-hydrogen) atoms. The summed E-state index contributed by atoms with van der Waals surface area (Å²) in [5.41, 5.74) is 3.50. The summed E-state index contributed by atoms with van der Waals surface area (Å²) in [5.74, 6) is 0.887. The van der Waals surface area contributed by atoms with Crippen molar-refractivity contribution in [3.05, 3.63) is 42.5 Å². The first-order valence-corrected chi connectivity index (χ1v) is 6.54. The number of rotatable bonds is 2. The average Bonchev–Trinajstić information content (AvgIpc) is 3.27. The lowest BCUT2D eigenvalue weighted by molar-refractivity contribution is 0.774. The van der Waals surface area contributed by atoms with Crippen LogP contribution in [0.15, 0.2) is 36.9 Å². The van der Waals surface area contributed by atoms with Crippen molar-refractivity contribution in [3.63, 3.8) is 0 Å². The molecule has 1 aliphatic carbocycles. The minimum Gasteiger partial charge on any atom is -0.321 e. The van der Waals surface area contributed by atoms with Gasteiger partial charge in [0.1, 0.15) is 12.2 Å². The van der Waals surface area contributed by atoms with Crippen LogP contribution in [0.5, 0.6) is 0 Å². The van der Waals surface area contributed by atoms with E-state index >= 15 is 0 Å². The van der Waals surface area contributed by atoms with Gasteiger partial charge in [0.25, 0.3) is 0 Å². The summed E-state index contributed by atoms with van der Waals surface area (Å²) >= 11 is 0. The van der Waals surface area contributed by atoms with Crippen LogP contribution >= 0.6 is 0 Å². The van der Waals surface area contributed by atoms with Crippen molar-refractivity contribution >= 4 is 11.0 Å². The van der Waals surface area contributed by atoms with E-state index in [1.165, 1.54) is 6.33 Å². The summed E-state index contributed by atoms with van der Waals surface area (Å²) in [6.45, 7) is 0. The zero-order valence-electron chi connectivity index (χ0n) is 10.7. The number of benzene rings is 1. The predicted molar refractivity (Wildman–Crippen MR) is 73.7 cm³/mol. The van der Waals surface area contributed by atoms with Gasteiger partial charge in [-0.2, -0.15) is 5.26 Å². The minimum atomic E-state index is 0.476. The number of nitrogens with zero attached hydrogens (tertiary/aromatic N) is 5. The first-order valence-electron chi connectivity index (χ1n) is 6.54. The van der Waals surface area contributed by atoms with E-state index in [9.17, 15) is 0 Å². The molecule has 0 N–H and O–H groups in total. The lowest BCUT2D eigenvalue weighted by Crippen LogP contribution is -1.98. The maximum Gasteiger partial charge on any atom is 0.144 e. The normalized spacial score (nSPS) is 14.3. The zero-order valence-corrected chi connectivity index (χ0v) is 10.7. The molecule has 2 heterocycles. The van der Waals surface area contributed by atoms with Crippen molar-refractivity contribution in [2.75, 3.05) is 0 Å². The highest BCUT2D eigenvalue weighted by atomic mass is 15.1. The van der Waals surface area contributed by atoms with Gasteiger partial charge in [0, 0.05) is 18.4 Å². The monoisotopic (exact) mass is 261 g/mol. The molecule has 1 saturated carbocycles. The first kappa shape index (κ1) is 11.1. The van der Waals surface area contributed by atoms with Crippen molar-refractivity contribution < 1.29 is 0 Å². The Labute approximate surface area is 115 Å². The van der Waals surface area contributed by atoms with Gasteiger partial charge in [-0.15, -0.1) is 0 Å². The van der Waals surface area contributed by atoms with Crippen molar-refractivity contribution in [3.8, 4) is 17.5 Å². The number of imidazole rings is 1. The van der Waals surface area contributed by atoms with E-state index in [1.54, 1.807) is 18.5 Å². The summed E-state index contributed by atoms with van der Waals surface area (Å²) in [6, 6.07) is 8.28. The molecule has 0 spiro atoms. The van der Waals surface area contributed by atoms with Gasteiger partial charge in [-0.05, 0) is 31.0 Å². The van der Waals surface area contributed by atoms with Gasteiger partial charge in [-0.1, -0.05) is 0 Å². The maximum atomic E-state index is 9.07. The van der Waals surface area contributed by atoms with Gasteiger partial charge < -0.3 is 4.57 Å². The Morgan fingerprint density at radius 2 is 2.00 bits per heavy atom. The molecule has 1 aliphatic rings. The quantitative estimate of drug-likeness (QED) is 0.711. The molecule has 0 amide bonds. The largest absolute Gasteiger partial charge is 0.321 e. The minimum absolute atomic E-state index is 0.476. The van der Waals surface area contributed by atoms with E-state index in [0.29, 0.717) is 11.6 Å². The Morgan fingerprint density at radius 3 is 2.70 bits per heavy atom. The van der Waals surface area contributed by atoms with Crippen molar-refractivity contribution in [1.29, 1.82) is 5.26 Å². The van der Waals surface area contributed by atoms with Gasteiger partial charge in [0.15, 0.2) is 0 Å².